The third-order valence-electron chi connectivity index (χ3n) is 7.67. The number of morpholine rings is 1. The molecule has 1 amide bonds. The molecular formula is C14H15NO4. The van der Waals surface area contributed by atoms with E-state index in [9.17, 15) is 14.7 Å². The van der Waals surface area contributed by atoms with E-state index >= 15 is 0 Å². The number of rotatable bonds is 2. The van der Waals surface area contributed by atoms with Gasteiger partial charge in [0.1, 0.15) is 0 Å². The number of hydrogen-bond acceptors (Lipinski definition) is 3. The molecule has 0 aromatic heterocycles. The molecule has 6 aliphatic carbocycles. The van der Waals surface area contributed by atoms with Gasteiger partial charge in [-0.3, -0.25) is 9.59 Å². The van der Waals surface area contributed by atoms with Crippen molar-refractivity contribution in [3.63, 3.8) is 0 Å². The van der Waals surface area contributed by atoms with E-state index < -0.39 is 5.97 Å². The fourth-order valence-electron chi connectivity index (χ4n) is 7.42. The first-order valence-electron chi connectivity index (χ1n) is 7.30. The zero-order chi connectivity index (χ0) is 12.7. The van der Waals surface area contributed by atoms with Crippen LogP contribution in [-0.4, -0.2) is 48.2 Å². The highest BCUT2D eigenvalue weighted by Crippen LogP contribution is 3.10. The number of amides is 1. The first-order valence-corrected chi connectivity index (χ1v) is 7.30. The summed E-state index contributed by atoms with van der Waals surface area (Å²) in [6.45, 7) is 2.74. The lowest BCUT2D eigenvalue weighted by atomic mass is 8.92. The Hall–Kier alpha value is -1.10. The van der Waals surface area contributed by atoms with Gasteiger partial charge in [-0.15, -0.1) is 0 Å². The molecule has 7 aliphatic rings. The fraction of sp³-hybridized carbons (Fsp3) is 0.857. The maximum absolute atomic E-state index is 12.8. The predicted octanol–water partition coefficient (Wildman–Crippen LogP) is -0.332. The van der Waals surface area contributed by atoms with Gasteiger partial charge in [0.05, 0.1) is 24.0 Å². The maximum Gasteiger partial charge on any atom is 0.310 e. The number of hydrogen-bond donors (Lipinski definition) is 1. The van der Waals surface area contributed by atoms with Gasteiger partial charge in [0.25, 0.3) is 0 Å². The third-order valence-corrected chi connectivity index (χ3v) is 7.67. The van der Waals surface area contributed by atoms with Gasteiger partial charge in [0, 0.05) is 13.1 Å². The number of carboxylic acid groups (broad SMARTS) is 1. The number of ether oxygens (including phenoxy) is 1. The van der Waals surface area contributed by atoms with E-state index in [1.807, 2.05) is 4.90 Å². The number of carbonyl (C=O) groups excluding carboxylic acids is 1. The van der Waals surface area contributed by atoms with Crippen molar-refractivity contribution in [2.75, 3.05) is 26.3 Å². The highest BCUT2D eigenvalue weighted by Gasteiger charge is 3.13. The van der Waals surface area contributed by atoms with E-state index in [2.05, 4.69) is 0 Å². The van der Waals surface area contributed by atoms with Crippen LogP contribution < -0.4 is 0 Å². The second kappa shape index (κ2) is 2.32. The Bertz CT molecular complexity index is 510. The summed E-state index contributed by atoms with van der Waals surface area (Å²) in [6.07, 6.45) is 0. The van der Waals surface area contributed by atoms with Crippen LogP contribution in [0.2, 0.25) is 0 Å². The highest BCUT2D eigenvalue weighted by molar-refractivity contribution is 5.98. The monoisotopic (exact) mass is 261 g/mol. The molecule has 6 saturated carbocycles. The lowest BCUT2D eigenvalue weighted by molar-refractivity contribution is -0.627. The van der Waals surface area contributed by atoms with Crippen molar-refractivity contribution in [1.82, 2.24) is 4.90 Å². The van der Waals surface area contributed by atoms with Crippen LogP contribution in [0.5, 0.6) is 0 Å². The number of carboxylic acids is 1. The van der Waals surface area contributed by atoms with Crippen LogP contribution in [0.15, 0.2) is 0 Å². The summed E-state index contributed by atoms with van der Waals surface area (Å²) < 4.78 is 5.31. The minimum absolute atomic E-state index is 0.0887. The molecule has 5 heteroatoms. The van der Waals surface area contributed by atoms with E-state index in [1.54, 1.807) is 0 Å². The molecule has 5 nitrogen and oxygen atoms in total. The van der Waals surface area contributed by atoms with E-state index in [-0.39, 0.29) is 10.8 Å². The Balaban J connectivity index is 1.32. The molecule has 0 radical (unpaired) electrons. The van der Waals surface area contributed by atoms with Crippen molar-refractivity contribution in [2.24, 2.45) is 46.3 Å². The summed E-state index contributed by atoms with van der Waals surface area (Å²) in [7, 11) is 0. The Kier molecular flexibility index (Phi) is 1.19. The second-order valence-electron chi connectivity index (χ2n) is 7.23. The summed E-state index contributed by atoms with van der Waals surface area (Å²) >= 11 is 0. The molecule has 1 N–H and O–H groups in total. The zero-order valence-corrected chi connectivity index (χ0v) is 10.4. The Labute approximate surface area is 109 Å². The Morgan fingerprint density at radius 3 is 1.89 bits per heavy atom. The van der Waals surface area contributed by atoms with Crippen LogP contribution in [0, 0.1) is 46.3 Å². The molecule has 7 fully saturated rings. The van der Waals surface area contributed by atoms with E-state index in [0.717, 1.165) is 13.1 Å². The number of aliphatic carboxylic acids is 1. The van der Waals surface area contributed by atoms with Crippen molar-refractivity contribution in [3.05, 3.63) is 0 Å². The van der Waals surface area contributed by atoms with Crippen molar-refractivity contribution < 1.29 is 19.4 Å². The first kappa shape index (κ1) is 9.75. The van der Waals surface area contributed by atoms with Crippen molar-refractivity contribution >= 4 is 11.9 Å². The standard InChI is InChI=1S/C14H15NO4/c16-11(15-1-3-19-4-2-15)13-5-8-6(13)10-7(13)9(5)14(8,10)12(17)18/h5-10H,1-4H2,(H,17,18). The van der Waals surface area contributed by atoms with Crippen molar-refractivity contribution in [3.8, 4) is 0 Å². The molecule has 1 saturated heterocycles. The third kappa shape index (κ3) is 0.546. The fourth-order valence-corrected chi connectivity index (χ4v) is 7.42. The van der Waals surface area contributed by atoms with E-state index in [0.29, 0.717) is 54.6 Å². The van der Waals surface area contributed by atoms with Crippen LogP contribution in [-0.2, 0) is 14.3 Å². The molecule has 0 atom stereocenters. The molecule has 0 bridgehead atoms. The summed E-state index contributed by atoms with van der Waals surface area (Å²) in [4.78, 5) is 26.2. The molecule has 0 aromatic carbocycles. The molecule has 19 heavy (non-hydrogen) atoms. The highest BCUT2D eigenvalue weighted by atomic mass is 16.5. The Morgan fingerprint density at radius 1 is 0.947 bits per heavy atom. The quantitative estimate of drug-likeness (QED) is 0.739. The van der Waals surface area contributed by atoms with Gasteiger partial charge in [-0.25, -0.2) is 0 Å². The van der Waals surface area contributed by atoms with Gasteiger partial charge in [-0.05, 0) is 35.5 Å². The molecule has 0 aromatic rings. The second-order valence-corrected chi connectivity index (χ2v) is 7.23. The summed E-state index contributed by atoms with van der Waals surface area (Å²) in [5, 5.41) is 9.42. The average molecular weight is 261 g/mol. The molecule has 100 valence electrons. The van der Waals surface area contributed by atoms with Gasteiger partial charge in [0.2, 0.25) is 5.91 Å². The van der Waals surface area contributed by atoms with Gasteiger partial charge in [-0.1, -0.05) is 0 Å². The van der Waals surface area contributed by atoms with Crippen LogP contribution in [0.1, 0.15) is 0 Å². The number of nitrogens with zero attached hydrogens (tertiary/aromatic N) is 1. The minimum Gasteiger partial charge on any atom is -0.481 e. The normalized spacial score (nSPS) is 64.7. The van der Waals surface area contributed by atoms with E-state index in [1.165, 1.54) is 0 Å². The molecule has 0 unspecified atom stereocenters. The predicted molar refractivity (Wildman–Crippen MR) is 60.8 cm³/mol. The smallest absolute Gasteiger partial charge is 0.310 e. The molecular weight excluding hydrogens is 246 g/mol. The average Bonchev–Trinajstić information content (AvgIpc) is 2.46. The SMILES string of the molecule is O=C(O)C12C3C4C1C1C2C3C41C(=O)N1CCOCC1. The van der Waals surface area contributed by atoms with Crippen LogP contribution in [0.4, 0.5) is 0 Å². The largest absolute Gasteiger partial charge is 0.481 e. The van der Waals surface area contributed by atoms with Crippen molar-refractivity contribution in [1.29, 1.82) is 0 Å². The summed E-state index contributed by atoms with van der Waals surface area (Å²) in [6, 6.07) is 0. The van der Waals surface area contributed by atoms with Gasteiger partial charge in [-0.2, -0.15) is 0 Å². The topological polar surface area (TPSA) is 66.8 Å². The number of carbonyl (C=O) groups is 2. The van der Waals surface area contributed by atoms with Gasteiger partial charge >= 0.3 is 5.97 Å². The molecule has 1 heterocycles. The minimum atomic E-state index is -0.580. The lowest BCUT2D eigenvalue weighted by Crippen LogP contribution is -3.12. The van der Waals surface area contributed by atoms with Crippen LogP contribution in [0.3, 0.4) is 0 Å². The summed E-state index contributed by atoms with van der Waals surface area (Å²) in [5.41, 5.74) is -0.443. The zero-order valence-electron chi connectivity index (χ0n) is 10.4. The van der Waals surface area contributed by atoms with E-state index in [4.69, 9.17) is 4.74 Å². The molecule has 1 aliphatic heterocycles. The van der Waals surface area contributed by atoms with Gasteiger partial charge < -0.3 is 14.7 Å². The molecule has 7 rings (SSSR count). The van der Waals surface area contributed by atoms with Gasteiger partial charge in [0.15, 0.2) is 0 Å². The Morgan fingerprint density at radius 2 is 1.42 bits per heavy atom. The maximum atomic E-state index is 12.8. The van der Waals surface area contributed by atoms with Crippen molar-refractivity contribution in [2.45, 2.75) is 0 Å². The summed E-state index contributed by atoms with van der Waals surface area (Å²) in [5.74, 6) is 2.11. The van der Waals surface area contributed by atoms with Crippen LogP contribution in [0.25, 0.3) is 0 Å². The van der Waals surface area contributed by atoms with Crippen LogP contribution >= 0.6 is 0 Å². The lowest BCUT2D eigenvalue weighted by Gasteiger charge is -3.09. The molecule has 0 spiro atoms. The first-order chi connectivity index (χ1) is 9.19.